The van der Waals surface area contributed by atoms with Gasteiger partial charge < -0.3 is 14.6 Å². The molecule has 0 aliphatic carbocycles. The van der Waals surface area contributed by atoms with E-state index in [0.717, 1.165) is 33.9 Å². The number of anilines is 3. The summed E-state index contributed by atoms with van der Waals surface area (Å²) in [4.78, 5) is 11.1. The molecule has 0 bridgehead atoms. The van der Waals surface area contributed by atoms with Crippen LogP contribution in [-0.4, -0.2) is 20.5 Å². The molecule has 5 N–H and O–H groups in total. The van der Waals surface area contributed by atoms with Gasteiger partial charge in [0, 0.05) is 31.0 Å². The van der Waals surface area contributed by atoms with Crippen molar-refractivity contribution in [2.24, 2.45) is 11.7 Å². The molecule has 0 spiro atoms. The number of benzene rings is 3. The molecule has 164 valence electrons. The third-order valence-electron chi connectivity index (χ3n) is 4.89. The molecule has 31 heavy (non-hydrogen) atoms. The first kappa shape index (κ1) is 23.7. The van der Waals surface area contributed by atoms with E-state index >= 15 is 0 Å². The average Bonchev–Trinajstić information content (AvgIpc) is 2.79. The van der Waals surface area contributed by atoms with E-state index in [1.807, 2.05) is 43.4 Å². The summed E-state index contributed by atoms with van der Waals surface area (Å²) < 4.78 is 6.13. The normalized spacial score (nSPS) is 9.87. The number of nitrogens with two attached hydrogens (primary N) is 2. The Balaban J connectivity index is 0.000000785. The number of carbonyl (C=O) groups is 1. The Morgan fingerprint density at radius 2 is 1.61 bits per heavy atom. The molecule has 0 fully saturated rings. The van der Waals surface area contributed by atoms with Gasteiger partial charge in [0.05, 0.1) is 5.69 Å². The Kier molecular flexibility index (Phi) is 8.87. The first-order valence-corrected chi connectivity index (χ1v) is 9.88. The minimum atomic E-state index is 0.403. The van der Waals surface area contributed by atoms with Crippen LogP contribution in [0.2, 0.25) is 0 Å². The molecule has 3 aromatic rings. The van der Waals surface area contributed by atoms with Gasteiger partial charge in [-0.3, -0.25) is 10.2 Å². The van der Waals surface area contributed by atoms with E-state index in [-0.39, 0.29) is 0 Å². The number of hydrazine groups is 2. The van der Waals surface area contributed by atoms with Crippen LogP contribution in [0.1, 0.15) is 16.7 Å². The first-order chi connectivity index (χ1) is 14.9. The van der Waals surface area contributed by atoms with Gasteiger partial charge in [-0.1, -0.05) is 30.3 Å². The Bertz CT molecular complexity index is 977. The van der Waals surface area contributed by atoms with Gasteiger partial charge in [0.25, 0.3) is 0 Å². The van der Waals surface area contributed by atoms with Crippen molar-refractivity contribution in [1.29, 1.82) is 0 Å². The lowest BCUT2D eigenvalue weighted by atomic mass is 10.1. The molecule has 3 rings (SSSR count). The second kappa shape index (κ2) is 11.6. The molecule has 0 saturated heterocycles. The van der Waals surface area contributed by atoms with Crippen molar-refractivity contribution in [1.82, 2.24) is 5.43 Å². The third-order valence-corrected chi connectivity index (χ3v) is 4.89. The van der Waals surface area contributed by atoms with Crippen LogP contribution in [0.4, 0.5) is 17.1 Å². The predicted octanol–water partition coefficient (Wildman–Crippen LogP) is 3.57. The molecular weight excluding hydrogens is 390 g/mol. The zero-order valence-electron chi connectivity index (χ0n) is 18.5. The van der Waals surface area contributed by atoms with Crippen molar-refractivity contribution in [3.8, 4) is 5.75 Å². The molecular formula is C24H31N5O2. The lowest BCUT2D eigenvalue weighted by Gasteiger charge is -2.22. The van der Waals surface area contributed by atoms with Crippen LogP contribution in [0.15, 0.2) is 66.7 Å². The number of hydrogen-bond acceptors (Lipinski definition) is 6. The quantitative estimate of drug-likeness (QED) is 0.234. The van der Waals surface area contributed by atoms with E-state index < -0.39 is 0 Å². The molecule has 0 saturated carbocycles. The summed E-state index contributed by atoms with van der Waals surface area (Å²) in [5, 5.41) is 1.64. The fraction of sp³-hybridized carbons (Fsp3) is 0.208. The maximum atomic E-state index is 8.94. The second-order valence-corrected chi connectivity index (χ2v) is 7.10. The van der Waals surface area contributed by atoms with Gasteiger partial charge in [0.2, 0.25) is 6.41 Å². The standard InChI is InChI=1S/C23H27N3O.CH4N2O/c1-17-9-8-12-22(26(4)24)21(17)16-27-23-14-13-20(15-18(23)2)25(3)19-10-6-5-7-11-19;2-3-1-4/h5-15H,16,24H2,1-4H3;1H,2H2,(H,3,4). The topological polar surface area (TPSA) is 96.8 Å². The lowest BCUT2D eigenvalue weighted by Crippen LogP contribution is -2.26. The minimum absolute atomic E-state index is 0.403. The number of nitrogens with one attached hydrogen (secondary N) is 1. The molecule has 0 atom stereocenters. The van der Waals surface area contributed by atoms with Gasteiger partial charge >= 0.3 is 0 Å². The zero-order valence-corrected chi connectivity index (χ0v) is 18.5. The van der Waals surface area contributed by atoms with Gasteiger partial charge in [-0.05, 0) is 61.4 Å². The van der Waals surface area contributed by atoms with Gasteiger partial charge in [-0.15, -0.1) is 0 Å². The van der Waals surface area contributed by atoms with Crippen LogP contribution in [0.5, 0.6) is 5.75 Å². The second-order valence-electron chi connectivity index (χ2n) is 7.10. The van der Waals surface area contributed by atoms with Gasteiger partial charge in [-0.2, -0.15) is 0 Å². The number of hydrogen-bond donors (Lipinski definition) is 3. The van der Waals surface area contributed by atoms with Crippen molar-refractivity contribution in [2.75, 3.05) is 24.0 Å². The highest BCUT2D eigenvalue weighted by molar-refractivity contribution is 5.64. The summed E-state index contributed by atoms with van der Waals surface area (Å²) in [7, 11) is 3.92. The molecule has 0 unspecified atom stereocenters. The van der Waals surface area contributed by atoms with Crippen molar-refractivity contribution in [3.63, 3.8) is 0 Å². The maximum Gasteiger partial charge on any atom is 0.221 e. The molecule has 7 nitrogen and oxygen atoms in total. The van der Waals surface area contributed by atoms with Crippen molar-refractivity contribution >= 4 is 23.5 Å². The van der Waals surface area contributed by atoms with Crippen LogP contribution >= 0.6 is 0 Å². The van der Waals surface area contributed by atoms with Crippen LogP contribution < -0.4 is 31.8 Å². The monoisotopic (exact) mass is 421 g/mol. The maximum absolute atomic E-state index is 8.94. The molecule has 3 aromatic carbocycles. The largest absolute Gasteiger partial charge is 0.489 e. The van der Waals surface area contributed by atoms with E-state index in [4.69, 9.17) is 15.4 Å². The SMILES string of the molecule is Cc1cc(N(C)c2ccccc2)ccc1OCc1c(C)cccc1N(C)N.NNC=O. The average molecular weight is 422 g/mol. The summed E-state index contributed by atoms with van der Waals surface area (Å²) in [5.74, 6) is 11.3. The van der Waals surface area contributed by atoms with E-state index in [1.54, 1.807) is 10.4 Å². The number of para-hydroxylation sites is 1. The Labute approximate surface area is 184 Å². The zero-order chi connectivity index (χ0) is 22.8. The highest BCUT2D eigenvalue weighted by Gasteiger charge is 2.11. The fourth-order valence-electron chi connectivity index (χ4n) is 3.16. The summed E-state index contributed by atoms with van der Waals surface area (Å²) >= 11 is 0. The van der Waals surface area contributed by atoms with E-state index in [1.165, 1.54) is 5.56 Å². The van der Waals surface area contributed by atoms with Gasteiger partial charge in [0.1, 0.15) is 12.4 Å². The van der Waals surface area contributed by atoms with Crippen LogP contribution in [0, 0.1) is 13.8 Å². The molecule has 0 radical (unpaired) electrons. The lowest BCUT2D eigenvalue weighted by molar-refractivity contribution is -0.109. The number of amides is 1. The highest BCUT2D eigenvalue weighted by atomic mass is 16.5. The summed E-state index contributed by atoms with van der Waals surface area (Å²) in [6.45, 7) is 4.64. The molecule has 0 heterocycles. The summed E-state index contributed by atoms with van der Waals surface area (Å²) in [6.07, 6.45) is 0.403. The van der Waals surface area contributed by atoms with Gasteiger partial charge in [-0.25, -0.2) is 11.7 Å². The smallest absolute Gasteiger partial charge is 0.221 e. The number of aryl methyl sites for hydroxylation is 2. The number of rotatable bonds is 7. The van der Waals surface area contributed by atoms with Crippen LogP contribution in [-0.2, 0) is 11.4 Å². The molecule has 0 aliphatic rings. The minimum Gasteiger partial charge on any atom is -0.489 e. The van der Waals surface area contributed by atoms with Crippen molar-refractivity contribution < 1.29 is 9.53 Å². The summed E-state index contributed by atoms with van der Waals surface area (Å²) in [5.41, 5.74) is 8.39. The van der Waals surface area contributed by atoms with Crippen molar-refractivity contribution in [2.45, 2.75) is 20.5 Å². The Hall–Kier alpha value is -3.55. The van der Waals surface area contributed by atoms with E-state index in [0.29, 0.717) is 13.0 Å². The van der Waals surface area contributed by atoms with Gasteiger partial charge in [0.15, 0.2) is 0 Å². The summed E-state index contributed by atoms with van der Waals surface area (Å²) in [6, 6.07) is 22.7. The third kappa shape index (κ3) is 6.47. The van der Waals surface area contributed by atoms with E-state index in [2.05, 4.69) is 62.0 Å². The van der Waals surface area contributed by atoms with Crippen LogP contribution in [0.3, 0.4) is 0 Å². The van der Waals surface area contributed by atoms with Crippen LogP contribution in [0.25, 0.3) is 0 Å². The van der Waals surface area contributed by atoms with E-state index in [9.17, 15) is 0 Å². The molecule has 1 amide bonds. The predicted molar refractivity (Wildman–Crippen MR) is 127 cm³/mol. The molecule has 7 heteroatoms. The number of ether oxygens (including phenoxy) is 1. The Morgan fingerprint density at radius 3 is 2.19 bits per heavy atom. The highest BCUT2D eigenvalue weighted by Crippen LogP contribution is 2.30. The number of nitrogens with zero attached hydrogens (tertiary/aromatic N) is 2. The molecule has 0 aliphatic heterocycles. The fourth-order valence-corrected chi connectivity index (χ4v) is 3.16. The Morgan fingerprint density at radius 1 is 0.935 bits per heavy atom. The molecule has 0 aromatic heterocycles. The van der Waals surface area contributed by atoms with Crippen molar-refractivity contribution in [3.05, 3.63) is 83.4 Å². The number of carbonyl (C=O) groups excluding carboxylic acids is 1. The first-order valence-electron chi connectivity index (χ1n) is 9.88.